The first-order valence-electron chi connectivity index (χ1n) is 12.5. The van der Waals surface area contributed by atoms with E-state index in [4.69, 9.17) is 16.3 Å². The number of methoxy groups -OCH3 is 1. The van der Waals surface area contributed by atoms with E-state index in [0.29, 0.717) is 5.75 Å². The lowest BCUT2D eigenvalue weighted by Gasteiger charge is -2.34. The quantitative estimate of drug-likeness (QED) is 0.350. The predicted molar refractivity (Wildman–Crippen MR) is 154 cm³/mol. The van der Waals surface area contributed by atoms with Gasteiger partial charge >= 0.3 is 0 Å². The molecule has 0 aliphatic heterocycles. The predicted octanol–water partition coefficient (Wildman–Crippen LogP) is 4.28. The van der Waals surface area contributed by atoms with Crippen LogP contribution in [0.4, 0.5) is 5.69 Å². The summed E-state index contributed by atoms with van der Waals surface area (Å²) in [6, 6.07) is 21.9. The van der Waals surface area contributed by atoms with Crippen molar-refractivity contribution < 1.29 is 22.7 Å². The van der Waals surface area contributed by atoms with Crippen LogP contribution in [0.5, 0.6) is 5.75 Å². The van der Waals surface area contributed by atoms with Crippen molar-refractivity contribution in [2.45, 2.75) is 38.9 Å². The van der Waals surface area contributed by atoms with Gasteiger partial charge in [-0.15, -0.1) is 0 Å². The van der Waals surface area contributed by atoms with E-state index in [1.165, 1.54) is 11.0 Å². The van der Waals surface area contributed by atoms with Crippen molar-refractivity contribution in [3.05, 3.63) is 95.0 Å². The number of ether oxygens (including phenoxy) is 1. The Bertz CT molecular complexity index is 1380. The summed E-state index contributed by atoms with van der Waals surface area (Å²) in [4.78, 5) is 29.0. The molecule has 0 fully saturated rings. The number of carbonyl (C=O) groups is 2. The molecule has 39 heavy (non-hydrogen) atoms. The zero-order valence-electron chi connectivity index (χ0n) is 22.5. The summed E-state index contributed by atoms with van der Waals surface area (Å²) in [7, 11) is -2.35. The highest BCUT2D eigenvalue weighted by atomic mass is 35.5. The molecule has 208 valence electrons. The van der Waals surface area contributed by atoms with E-state index < -0.39 is 28.5 Å². The second kappa shape index (κ2) is 13.5. The number of sulfonamides is 1. The van der Waals surface area contributed by atoms with Gasteiger partial charge in [-0.3, -0.25) is 13.9 Å². The summed E-state index contributed by atoms with van der Waals surface area (Å²) in [6.45, 7) is 3.20. The summed E-state index contributed by atoms with van der Waals surface area (Å²) < 4.78 is 32.0. The molecule has 0 aliphatic carbocycles. The van der Waals surface area contributed by atoms with Crippen LogP contribution in [0, 0.1) is 0 Å². The molecule has 0 bridgehead atoms. The molecule has 0 heterocycles. The Morgan fingerprint density at radius 1 is 0.949 bits per heavy atom. The maximum absolute atomic E-state index is 14.0. The van der Waals surface area contributed by atoms with E-state index in [1.54, 1.807) is 43.5 Å². The van der Waals surface area contributed by atoms with Crippen LogP contribution in [0.25, 0.3) is 0 Å². The van der Waals surface area contributed by atoms with Gasteiger partial charge in [-0.1, -0.05) is 66.2 Å². The number of nitrogens with zero attached hydrogens (tertiary/aromatic N) is 2. The largest absolute Gasteiger partial charge is 0.497 e. The Kier molecular flexibility index (Phi) is 10.4. The van der Waals surface area contributed by atoms with Crippen molar-refractivity contribution >= 4 is 39.1 Å². The third-order valence-corrected chi connectivity index (χ3v) is 7.44. The maximum Gasteiger partial charge on any atom is 0.244 e. The van der Waals surface area contributed by atoms with Gasteiger partial charge in [0, 0.05) is 19.0 Å². The molecule has 0 saturated carbocycles. The Balaban J connectivity index is 2.08. The molecule has 10 heteroatoms. The zero-order chi connectivity index (χ0) is 28.6. The Morgan fingerprint density at radius 3 is 2.21 bits per heavy atom. The van der Waals surface area contributed by atoms with Crippen LogP contribution in [0.15, 0.2) is 78.9 Å². The minimum absolute atomic E-state index is 0.0547. The van der Waals surface area contributed by atoms with Crippen molar-refractivity contribution in [3.8, 4) is 5.75 Å². The van der Waals surface area contributed by atoms with Crippen LogP contribution in [-0.2, 0) is 32.6 Å². The van der Waals surface area contributed by atoms with Gasteiger partial charge in [0.25, 0.3) is 0 Å². The molecular weight excluding hydrogens is 538 g/mol. The SMILES string of the molecule is COc1cccc(CN(C(=O)CN(c2ccccc2Cl)S(C)(=O)=O)[C@@H](Cc2ccccc2)C(=O)NC(C)C)c1. The van der Waals surface area contributed by atoms with Gasteiger partial charge in [-0.2, -0.15) is 0 Å². The van der Waals surface area contributed by atoms with Crippen molar-refractivity contribution in [3.63, 3.8) is 0 Å². The summed E-state index contributed by atoms with van der Waals surface area (Å²) in [5, 5.41) is 3.11. The van der Waals surface area contributed by atoms with Crippen LogP contribution < -0.4 is 14.4 Å². The first kappa shape index (κ1) is 30.0. The smallest absolute Gasteiger partial charge is 0.244 e. The molecule has 2 amide bonds. The molecule has 3 rings (SSSR count). The lowest BCUT2D eigenvalue weighted by molar-refractivity contribution is -0.140. The average molecular weight is 572 g/mol. The van der Waals surface area contributed by atoms with Crippen LogP contribution in [0.2, 0.25) is 5.02 Å². The Labute approximate surface area is 235 Å². The van der Waals surface area contributed by atoms with Gasteiger partial charge < -0.3 is 15.0 Å². The van der Waals surface area contributed by atoms with Crippen LogP contribution >= 0.6 is 11.6 Å². The maximum atomic E-state index is 14.0. The van der Waals surface area contributed by atoms with Crippen molar-refractivity contribution in [2.24, 2.45) is 0 Å². The standard InChI is InChI=1S/C29H34ClN3O5S/c1-21(2)31-29(35)27(18-22-11-6-5-7-12-22)32(19-23-13-10-14-24(17-23)38-3)28(34)20-33(39(4,36)37)26-16-9-8-15-25(26)30/h5-17,21,27H,18-20H2,1-4H3,(H,31,35)/t27-/m0/s1. The number of para-hydroxylation sites is 1. The van der Waals surface area contributed by atoms with Crippen LogP contribution in [0.3, 0.4) is 0 Å². The molecule has 0 radical (unpaired) electrons. The van der Waals surface area contributed by atoms with E-state index in [0.717, 1.165) is 21.7 Å². The van der Waals surface area contributed by atoms with E-state index in [-0.39, 0.29) is 35.6 Å². The highest BCUT2D eigenvalue weighted by molar-refractivity contribution is 7.92. The number of hydrogen-bond acceptors (Lipinski definition) is 5. The van der Waals surface area contributed by atoms with Gasteiger partial charge in [0.2, 0.25) is 21.8 Å². The zero-order valence-corrected chi connectivity index (χ0v) is 24.1. The van der Waals surface area contributed by atoms with Crippen LogP contribution in [0.1, 0.15) is 25.0 Å². The van der Waals surface area contributed by atoms with Gasteiger partial charge in [-0.25, -0.2) is 8.42 Å². The molecule has 3 aromatic carbocycles. The fraction of sp³-hybridized carbons (Fsp3) is 0.310. The summed E-state index contributed by atoms with van der Waals surface area (Å²) in [6.07, 6.45) is 1.25. The fourth-order valence-corrected chi connectivity index (χ4v) is 5.30. The van der Waals surface area contributed by atoms with E-state index in [2.05, 4.69) is 5.32 Å². The van der Waals surface area contributed by atoms with E-state index >= 15 is 0 Å². The molecule has 0 saturated heterocycles. The minimum Gasteiger partial charge on any atom is -0.497 e. The summed E-state index contributed by atoms with van der Waals surface area (Å²) in [5.41, 5.74) is 1.76. The van der Waals surface area contributed by atoms with Crippen molar-refractivity contribution in [1.29, 1.82) is 0 Å². The number of nitrogens with one attached hydrogen (secondary N) is 1. The highest BCUT2D eigenvalue weighted by Gasteiger charge is 2.33. The third kappa shape index (κ3) is 8.46. The Hall–Kier alpha value is -3.56. The molecule has 0 spiro atoms. The molecule has 1 N–H and O–H groups in total. The number of benzene rings is 3. The molecule has 0 aliphatic rings. The van der Waals surface area contributed by atoms with E-state index in [9.17, 15) is 18.0 Å². The number of carbonyl (C=O) groups excluding carboxylic acids is 2. The lowest BCUT2D eigenvalue weighted by Crippen LogP contribution is -2.54. The normalized spacial score (nSPS) is 12.1. The third-order valence-electron chi connectivity index (χ3n) is 5.99. The molecule has 0 aromatic heterocycles. The number of hydrogen-bond donors (Lipinski definition) is 1. The van der Waals surface area contributed by atoms with Crippen molar-refractivity contribution in [2.75, 3.05) is 24.2 Å². The monoisotopic (exact) mass is 571 g/mol. The molecule has 8 nitrogen and oxygen atoms in total. The molecule has 1 atom stereocenters. The van der Waals surface area contributed by atoms with Gasteiger partial charge in [0.15, 0.2) is 0 Å². The second-order valence-electron chi connectivity index (χ2n) is 9.46. The first-order chi connectivity index (χ1) is 18.5. The molecular formula is C29H34ClN3O5S. The Morgan fingerprint density at radius 2 is 1.59 bits per heavy atom. The summed E-state index contributed by atoms with van der Waals surface area (Å²) >= 11 is 6.32. The van der Waals surface area contributed by atoms with Gasteiger partial charge in [-0.05, 0) is 49.2 Å². The van der Waals surface area contributed by atoms with Crippen LogP contribution in [-0.4, -0.2) is 57.1 Å². The number of anilines is 1. The summed E-state index contributed by atoms with van der Waals surface area (Å²) in [5.74, 6) is -0.295. The number of halogens is 1. The lowest BCUT2D eigenvalue weighted by atomic mass is 10.0. The average Bonchev–Trinajstić information content (AvgIpc) is 2.89. The number of amides is 2. The molecule has 3 aromatic rings. The number of rotatable bonds is 12. The highest BCUT2D eigenvalue weighted by Crippen LogP contribution is 2.28. The fourth-order valence-electron chi connectivity index (χ4n) is 4.15. The minimum atomic E-state index is -3.90. The van der Waals surface area contributed by atoms with Gasteiger partial charge in [0.1, 0.15) is 18.3 Å². The topological polar surface area (TPSA) is 96.0 Å². The second-order valence-corrected chi connectivity index (χ2v) is 11.8. The van der Waals surface area contributed by atoms with Gasteiger partial charge in [0.05, 0.1) is 24.1 Å². The molecule has 0 unspecified atom stereocenters. The van der Waals surface area contributed by atoms with E-state index in [1.807, 2.05) is 50.2 Å². The van der Waals surface area contributed by atoms with Crippen molar-refractivity contribution in [1.82, 2.24) is 10.2 Å². The first-order valence-corrected chi connectivity index (χ1v) is 14.7.